The number of rotatable bonds is 9. The standard InChI is InChI=1S/C26H28N2O3S/c29-23(17-16-20-11-5-2-6-12-20)28-18-8-15-22(28)25-27-21(24(32-25)26(30)31)14-7-13-19-9-3-1-4-10-19/h1-6,9-12,22H,7-8,13-18H2,(H,30,31)/t22-/m0/s1. The Morgan fingerprint density at radius 2 is 1.62 bits per heavy atom. The van der Waals surface area contributed by atoms with E-state index in [0.717, 1.165) is 36.3 Å². The van der Waals surface area contributed by atoms with Gasteiger partial charge in [0.15, 0.2) is 0 Å². The molecule has 0 saturated carbocycles. The van der Waals surface area contributed by atoms with Gasteiger partial charge in [0.25, 0.3) is 0 Å². The summed E-state index contributed by atoms with van der Waals surface area (Å²) in [6, 6.07) is 20.1. The topological polar surface area (TPSA) is 70.5 Å². The van der Waals surface area contributed by atoms with Crippen molar-refractivity contribution in [3.8, 4) is 0 Å². The minimum atomic E-state index is -0.927. The Labute approximate surface area is 192 Å². The Kier molecular flexibility index (Phi) is 7.32. The van der Waals surface area contributed by atoms with Crippen molar-refractivity contribution in [3.05, 3.63) is 87.4 Å². The zero-order valence-corrected chi connectivity index (χ0v) is 18.9. The number of carbonyl (C=O) groups excluding carboxylic acids is 1. The van der Waals surface area contributed by atoms with E-state index in [4.69, 9.17) is 4.98 Å². The molecule has 0 spiro atoms. The maximum atomic E-state index is 12.9. The molecule has 3 aromatic rings. The van der Waals surface area contributed by atoms with Crippen molar-refractivity contribution in [1.29, 1.82) is 0 Å². The van der Waals surface area contributed by atoms with Gasteiger partial charge < -0.3 is 10.0 Å². The largest absolute Gasteiger partial charge is 0.477 e. The molecule has 1 aliphatic heterocycles. The van der Waals surface area contributed by atoms with Crippen LogP contribution >= 0.6 is 11.3 Å². The highest BCUT2D eigenvalue weighted by atomic mass is 32.1. The molecule has 32 heavy (non-hydrogen) atoms. The lowest BCUT2D eigenvalue weighted by Gasteiger charge is -2.23. The van der Waals surface area contributed by atoms with Crippen molar-refractivity contribution < 1.29 is 14.7 Å². The Bertz CT molecular complexity index is 1050. The molecule has 1 aliphatic rings. The third-order valence-electron chi connectivity index (χ3n) is 5.96. The van der Waals surface area contributed by atoms with Gasteiger partial charge in [0.1, 0.15) is 9.88 Å². The van der Waals surface area contributed by atoms with Crippen LogP contribution in [0.15, 0.2) is 60.7 Å². The van der Waals surface area contributed by atoms with Gasteiger partial charge in [-0.2, -0.15) is 0 Å². The van der Waals surface area contributed by atoms with Crippen LogP contribution in [0.5, 0.6) is 0 Å². The van der Waals surface area contributed by atoms with Gasteiger partial charge in [-0.1, -0.05) is 60.7 Å². The van der Waals surface area contributed by atoms with E-state index in [1.165, 1.54) is 16.9 Å². The quantitative estimate of drug-likeness (QED) is 0.481. The number of aromatic carboxylic acids is 1. The van der Waals surface area contributed by atoms with Gasteiger partial charge in [0, 0.05) is 13.0 Å². The van der Waals surface area contributed by atoms with E-state index in [1.54, 1.807) is 0 Å². The summed E-state index contributed by atoms with van der Waals surface area (Å²) < 4.78 is 0. The predicted molar refractivity (Wildman–Crippen MR) is 126 cm³/mol. The third kappa shape index (κ3) is 5.43. The number of carboxylic acid groups (broad SMARTS) is 1. The van der Waals surface area contributed by atoms with Crippen LogP contribution in [0.4, 0.5) is 0 Å². The highest BCUT2D eigenvalue weighted by molar-refractivity contribution is 7.13. The van der Waals surface area contributed by atoms with Crippen LogP contribution in [0.3, 0.4) is 0 Å². The Morgan fingerprint density at radius 1 is 0.969 bits per heavy atom. The molecule has 6 heteroatoms. The smallest absolute Gasteiger partial charge is 0.347 e. The predicted octanol–water partition coefficient (Wildman–Crippen LogP) is 5.31. The zero-order valence-electron chi connectivity index (χ0n) is 18.1. The Morgan fingerprint density at radius 3 is 2.28 bits per heavy atom. The van der Waals surface area contributed by atoms with Gasteiger partial charge >= 0.3 is 5.97 Å². The number of aromatic nitrogens is 1. The number of likely N-dealkylation sites (tertiary alicyclic amines) is 1. The molecule has 2 aromatic carbocycles. The molecule has 1 fully saturated rings. The molecule has 1 amide bonds. The number of carboxylic acids is 1. The number of nitrogens with zero attached hydrogens (tertiary/aromatic N) is 2. The first kappa shape index (κ1) is 22.2. The number of thiazole rings is 1. The second-order valence-corrected chi connectivity index (χ2v) is 9.23. The molecule has 1 N–H and O–H groups in total. The van der Waals surface area contributed by atoms with Gasteiger partial charge in [0.2, 0.25) is 5.91 Å². The molecule has 5 nitrogen and oxygen atoms in total. The summed E-state index contributed by atoms with van der Waals surface area (Å²) in [5.74, 6) is -0.808. The lowest BCUT2D eigenvalue weighted by atomic mass is 10.1. The Balaban J connectivity index is 1.42. The van der Waals surface area contributed by atoms with E-state index in [9.17, 15) is 14.7 Å². The number of amides is 1. The molecule has 1 atom stereocenters. The zero-order chi connectivity index (χ0) is 22.3. The fraction of sp³-hybridized carbons (Fsp3) is 0.346. The maximum Gasteiger partial charge on any atom is 0.347 e. The highest BCUT2D eigenvalue weighted by Crippen LogP contribution is 2.36. The number of carbonyl (C=O) groups is 2. The SMILES string of the molecule is O=C(O)c1sc([C@@H]2CCCN2C(=O)CCc2ccccc2)nc1CCCc1ccccc1. The highest BCUT2D eigenvalue weighted by Gasteiger charge is 2.33. The summed E-state index contributed by atoms with van der Waals surface area (Å²) in [5, 5.41) is 10.5. The van der Waals surface area contributed by atoms with E-state index < -0.39 is 5.97 Å². The van der Waals surface area contributed by atoms with Crippen LogP contribution in [-0.2, 0) is 24.1 Å². The second kappa shape index (κ2) is 10.6. The summed E-state index contributed by atoms with van der Waals surface area (Å²) in [6.45, 7) is 0.712. The number of hydrogen-bond donors (Lipinski definition) is 1. The molecule has 0 unspecified atom stereocenters. The minimum Gasteiger partial charge on any atom is -0.477 e. The third-order valence-corrected chi connectivity index (χ3v) is 7.15. The molecule has 0 aliphatic carbocycles. The van der Waals surface area contributed by atoms with Crippen LogP contribution in [0.1, 0.15) is 63.2 Å². The molecule has 2 heterocycles. The summed E-state index contributed by atoms with van der Waals surface area (Å²) in [6.07, 6.45) is 5.30. The second-order valence-electron chi connectivity index (χ2n) is 8.20. The van der Waals surface area contributed by atoms with E-state index in [-0.39, 0.29) is 11.9 Å². The van der Waals surface area contributed by atoms with Gasteiger partial charge in [-0.25, -0.2) is 9.78 Å². The summed E-state index contributed by atoms with van der Waals surface area (Å²) >= 11 is 1.24. The van der Waals surface area contributed by atoms with Crippen molar-refractivity contribution >= 4 is 23.2 Å². The van der Waals surface area contributed by atoms with Crippen molar-refractivity contribution in [2.45, 2.75) is 51.0 Å². The average molecular weight is 449 g/mol. The van der Waals surface area contributed by atoms with Crippen LogP contribution in [0.2, 0.25) is 0 Å². The van der Waals surface area contributed by atoms with Gasteiger partial charge in [-0.3, -0.25) is 4.79 Å². The van der Waals surface area contributed by atoms with Crippen molar-refractivity contribution in [3.63, 3.8) is 0 Å². The van der Waals surface area contributed by atoms with Crippen LogP contribution in [0.25, 0.3) is 0 Å². The number of hydrogen-bond acceptors (Lipinski definition) is 4. The summed E-state index contributed by atoms with van der Waals surface area (Å²) in [7, 11) is 0. The fourth-order valence-electron chi connectivity index (χ4n) is 4.32. The fourth-order valence-corrected chi connectivity index (χ4v) is 5.41. The summed E-state index contributed by atoms with van der Waals surface area (Å²) in [5.41, 5.74) is 3.04. The summed E-state index contributed by atoms with van der Waals surface area (Å²) in [4.78, 5) is 31.8. The average Bonchev–Trinajstić information content (AvgIpc) is 3.46. The number of benzene rings is 2. The molecule has 1 aromatic heterocycles. The van der Waals surface area contributed by atoms with Crippen molar-refractivity contribution in [2.75, 3.05) is 6.54 Å². The van der Waals surface area contributed by atoms with Gasteiger partial charge in [0.05, 0.1) is 11.7 Å². The number of aryl methyl sites for hydroxylation is 3. The lowest BCUT2D eigenvalue weighted by Crippen LogP contribution is -2.30. The molecule has 0 radical (unpaired) electrons. The van der Waals surface area contributed by atoms with E-state index >= 15 is 0 Å². The van der Waals surface area contributed by atoms with E-state index in [1.807, 2.05) is 53.4 Å². The van der Waals surface area contributed by atoms with E-state index in [2.05, 4.69) is 12.1 Å². The minimum absolute atomic E-state index is 0.107. The first-order valence-electron chi connectivity index (χ1n) is 11.2. The van der Waals surface area contributed by atoms with Crippen LogP contribution < -0.4 is 0 Å². The van der Waals surface area contributed by atoms with Gasteiger partial charge in [-0.15, -0.1) is 11.3 Å². The maximum absolute atomic E-state index is 12.9. The molecule has 166 valence electrons. The van der Waals surface area contributed by atoms with Crippen LogP contribution in [-0.4, -0.2) is 33.4 Å². The normalized spacial score (nSPS) is 15.8. The van der Waals surface area contributed by atoms with Crippen molar-refractivity contribution in [1.82, 2.24) is 9.88 Å². The van der Waals surface area contributed by atoms with E-state index in [0.29, 0.717) is 36.4 Å². The van der Waals surface area contributed by atoms with Gasteiger partial charge in [-0.05, 0) is 49.7 Å². The molecular formula is C26H28N2O3S. The lowest BCUT2D eigenvalue weighted by molar-refractivity contribution is -0.132. The molecular weight excluding hydrogens is 420 g/mol. The van der Waals surface area contributed by atoms with Crippen molar-refractivity contribution in [2.24, 2.45) is 0 Å². The molecule has 4 rings (SSSR count). The van der Waals surface area contributed by atoms with Crippen LogP contribution in [0, 0.1) is 0 Å². The molecule has 0 bridgehead atoms. The Hall–Kier alpha value is -2.99. The molecule has 1 saturated heterocycles. The first-order valence-corrected chi connectivity index (χ1v) is 12.0. The first-order chi connectivity index (χ1) is 15.6. The monoisotopic (exact) mass is 448 g/mol.